The van der Waals surface area contributed by atoms with Crippen molar-refractivity contribution in [1.29, 1.82) is 0 Å². The van der Waals surface area contributed by atoms with Gasteiger partial charge in [0.05, 0.1) is 10.2 Å². The number of nitrogens with zero attached hydrogens (tertiary/aromatic N) is 1. The number of rotatable bonds is 2. The molecule has 1 amide bonds. The van der Waals surface area contributed by atoms with Gasteiger partial charge in [0.1, 0.15) is 0 Å². The third-order valence-electron chi connectivity index (χ3n) is 3.38. The molecule has 0 radical (unpaired) electrons. The molecule has 1 aromatic heterocycles. The molecule has 3 aromatic rings. The fourth-order valence-corrected chi connectivity index (χ4v) is 3.43. The molecule has 0 spiro atoms. The molecule has 6 heteroatoms. The van der Waals surface area contributed by atoms with Gasteiger partial charge in [-0.1, -0.05) is 35.6 Å². The number of thiocarbonyl (C=S) groups is 1. The van der Waals surface area contributed by atoms with E-state index in [9.17, 15) is 4.79 Å². The molecule has 0 saturated heterocycles. The fourth-order valence-electron chi connectivity index (χ4n) is 2.21. The summed E-state index contributed by atoms with van der Waals surface area (Å²) in [6, 6.07) is 13.5. The number of anilines is 1. The lowest BCUT2D eigenvalue weighted by Gasteiger charge is -2.08. The van der Waals surface area contributed by atoms with Crippen molar-refractivity contribution >= 4 is 49.9 Å². The number of amides is 1. The van der Waals surface area contributed by atoms with E-state index in [-0.39, 0.29) is 11.0 Å². The van der Waals surface area contributed by atoms with E-state index < -0.39 is 0 Å². The van der Waals surface area contributed by atoms with Crippen LogP contribution in [0.2, 0.25) is 0 Å². The van der Waals surface area contributed by atoms with Crippen LogP contribution in [0.4, 0.5) is 5.13 Å². The first-order valence-electron chi connectivity index (χ1n) is 7.08. The molecular weight excluding hydrogens is 326 g/mol. The minimum atomic E-state index is -0.224. The van der Waals surface area contributed by atoms with Gasteiger partial charge in [-0.05, 0) is 55.4 Å². The number of aromatic nitrogens is 1. The minimum Gasteiger partial charge on any atom is -0.308 e. The van der Waals surface area contributed by atoms with Crippen LogP contribution in [0, 0.1) is 13.8 Å². The molecule has 4 nitrogen and oxygen atoms in total. The number of carbonyl (C=O) groups is 1. The monoisotopic (exact) mass is 341 g/mol. The molecule has 2 N–H and O–H groups in total. The number of thiazole rings is 1. The summed E-state index contributed by atoms with van der Waals surface area (Å²) < 4.78 is 1.08. The van der Waals surface area contributed by atoms with Crippen molar-refractivity contribution in [1.82, 2.24) is 10.3 Å². The SMILES string of the molecule is Cc1ccc2nc(NC(=S)NC(=O)c3ccccc3C)sc2c1. The second kappa shape index (κ2) is 6.44. The summed E-state index contributed by atoms with van der Waals surface area (Å²) in [7, 11) is 0. The average Bonchev–Trinajstić information content (AvgIpc) is 2.88. The summed E-state index contributed by atoms with van der Waals surface area (Å²) in [5.41, 5.74) is 3.61. The van der Waals surface area contributed by atoms with Gasteiger partial charge in [0.2, 0.25) is 0 Å². The summed E-state index contributed by atoms with van der Waals surface area (Å²) >= 11 is 6.71. The second-order valence-corrected chi connectivity index (χ2v) is 6.65. The van der Waals surface area contributed by atoms with Crippen molar-refractivity contribution in [3.8, 4) is 0 Å². The van der Waals surface area contributed by atoms with Gasteiger partial charge in [0, 0.05) is 5.56 Å². The highest BCUT2D eigenvalue weighted by atomic mass is 32.1. The van der Waals surface area contributed by atoms with Crippen LogP contribution < -0.4 is 10.6 Å². The van der Waals surface area contributed by atoms with Crippen LogP contribution in [0.15, 0.2) is 42.5 Å². The second-order valence-electron chi connectivity index (χ2n) is 5.21. The molecule has 0 unspecified atom stereocenters. The molecule has 0 atom stereocenters. The third kappa shape index (κ3) is 3.55. The summed E-state index contributed by atoms with van der Waals surface area (Å²) in [6.45, 7) is 3.93. The van der Waals surface area contributed by atoms with E-state index in [0.717, 1.165) is 15.8 Å². The summed E-state index contributed by atoms with van der Waals surface area (Å²) in [5, 5.41) is 6.58. The predicted molar refractivity (Wildman–Crippen MR) is 99.2 cm³/mol. The van der Waals surface area contributed by atoms with Crippen molar-refractivity contribution in [3.63, 3.8) is 0 Å². The van der Waals surface area contributed by atoms with Crippen LogP contribution in [-0.4, -0.2) is 16.0 Å². The zero-order valence-corrected chi connectivity index (χ0v) is 14.3. The Balaban J connectivity index is 1.71. The number of benzene rings is 2. The van der Waals surface area contributed by atoms with E-state index in [1.807, 2.05) is 44.2 Å². The summed E-state index contributed by atoms with van der Waals surface area (Å²) in [5.74, 6) is -0.224. The number of hydrogen-bond donors (Lipinski definition) is 2. The molecule has 2 aromatic carbocycles. The number of fused-ring (bicyclic) bond motifs is 1. The van der Waals surface area contributed by atoms with Gasteiger partial charge < -0.3 is 5.32 Å². The van der Waals surface area contributed by atoms with E-state index in [1.54, 1.807) is 6.07 Å². The molecule has 0 bridgehead atoms. The van der Waals surface area contributed by atoms with E-state index in [1.165, 1.54) is 16.9 Å². The lowest BCUT2D eigenvalue weighted by molar-refractivity contribution is 0.0977. The molecule has 0 aliphatic heterocycles. The normalized spacial score (nSPS) is 10.5. The Morgan fingerprint density at radius 3 is 2.74 bits per heavy atom. The zero-order chi connectivity index (χ0) is 16.4. The van der Waals surface area contributed by atoms with Crippen molar-refractivity contribution in [2.24, 2.45) is 0 Å². The first kappa shape index (κ1) is 15.6. The van der Waals surface area contributed by atoms with E-state index in [0.29, 0.717) is 10.7 Å². The van der Waals surface area contributed by atoms with Crippen LogP contribution in [0.5, 0.6) is 0 Å². The smallest absolute Gasteiger partial charge is 0.257 e. The lowest BCUT2D eigenvalue weighted by atomic mass is 10.1. The molecule has 0 aliphatic carbocycles. The maximum atomic E-state index is 12.2. The average molecular weight is 341 g/mol. The molecule has 0 fully saturated rings. The van der Waals surface area contributed by atoms with Gasteiger partial charge in [0.15, 0.2) is 10.2 Å². The molecule has 0 aliphatic rings. The summed E-state index contributed by atoms with van der Waals surface area (Å²) in [6.07, 6.45) is 0. The number of hydrogen-bond acceptors (Lipinski definition) is 4. The van der Waals surface area contributed by atoms with Gasteiger partial charge in [-0.3, -0.25) is 10.1 Å². The minimum absolute atomic E-state index is 0.224. The van der Waals surface area contributed by atoms with E-state index in [2.05, 4.69) is 21.7 Å². The van der Waals surface area contributed by atoms with Crippen molar-refractivity contribution < 1.29 is 4.79 Å². The Morgan fingerprint density at radius 2 is 1.96 bits per heavy atom. The lowest BCUT2D eigenvalue weighted by Crippen LogP contribution is -2.34. The van der Waals surface area contributed by atoms with Crippen LogP contribution in [0.3, 0.4) is 0 Å². The van der Waals surface area contributed by atoms with Crippen molar-refractivity contribution in [3.05, 3.63) is 59.2 Å². The van der Waals surface area contributed by atoms with Gasteiger partial charge in [0.25, 0.3) is 5.91 Å². The predicted octanol–water partition coefficient (Wildman–Crippen LogP) is 4.04. The van der Waals surface area contributed by atoms with Crippen molar-refractivity contribution in [2.45, 2.75) is 13.8 Å². The maximum absolute atomic E-state index is 12.2. The van der Waals surface area contributed by atoms with Crippen LogP contribution >= 0.6 is 23.6 Å². The Kier molecular flexibility index (Phi) is 4.36. The number of nitrogens with one attached hydrogen (secondary N) is 2. The Hall–Kier alpha value is -2.31. The fraction of sp³-hybridized carbons (Fsp3) is 0.118. The maximum Gasteiger partial charge on any atom is 0.257 e. The zero-order valence-electron chi connectivity index (χ0n) is 12.7. The number of aryl methyl sites for hydroxylation is 2. The largest absolute Gasteiger partial charge is 0.308 e. The molecule has 116 valence electrons. The van der Waals surface area contributed by atoms with E-state index >= 15 is 0 Å². The van der Waals surface area contributed by atoms with Gasteiger partial charge in [-0.2, -0.15) is 0 Å². The molecule has 1 heterocycles. The highest BCUT2D eigenvalue weighted by Gasteiger charge is 2.11. The Bertz CT molecular complexity index is 902. The third-order valence-corrected chi connectivity index (χ3v) is 4.52. The molecular formula is C17H15N3OS2. The molecule has 23 heavy (non-hydrogen) atoms. The Morgan fingerprint density at radius 1 is 1.17 bits per heavy atom. The highest BCUT2D eigenvalue weighted by Crippen LogP contribution is 2.26. The topological polar surface area (TPSA) is 54.0 Å². The van der Waals surface area contributed by atoms with Gasteiger partial charge in [-0.25, -0.2) is 4.98 Å². The van der Waals surface area contributed by atoms with E-state index in [4.69, 9.17) is 12.2 Å². The Labute approximate surface area is 143 Å². The first-order valence-corrected chi connectivity index (χ1v) is 8.30. The van der Waals surface area contributed by atoms with Gasteiger partial charge in [-0.15, -0.1) is 0 Å². The van der Waals surface area contributed by atoms with Gasteiger partial charge >= 0.3 is 0 Å². The van der Waals surface area contributed by atoms with Crippen LogP contribution in [0.25, 0.3) is 10.2 Å². The standard InChI is InChI=1S/C17H15N3OS2/c1-10-7-8-13-14(9-10)23-17(18-13)20-16(22)19-15(21)12-6-4-3-5-11(12)2/h3-9H,1-2H3,(H2,18,19,20,21,22). The highest BCUT2D eigenvalue weighted by molar-refractivity contribution is 7.80. The number of carbonyl (C=O) groups excluding carboxylic acids is 1. The van der Waals surface area contributed by atoms with Crippen LogP contribution in [0.1, 0.15) is 21.5 Å². The molecule has 0 saturated carbocycles. The van der Waals surface area contributed by atoms with Crippen LogP contribution in [-0.2, 0) is 0 Å². The van der Waals surface area contributed by atoms with Crippen molar-refractivity contribution in [2.75, 3.05) is 5.32 Å². The quantitative estimate of drug-likeness (QED) is 0.691. The molecule has 3 rings (SSSR count). The summed E-state index contributed by atoms with van der Waals surface area (Å²) in [4.78, 5) is 16.7. The first-order chi connectivity index (χ1) is 11.0.